The van der Waals surface area contributed by atoms with Crippen LogP contribution >= 0.6 is 0 Å². The number of fused-ring (bicyclic) bond motifs is 1. The number of amides is 1. The summed E-state index contributed by atoms with van der Waals surface area (Å²) in [5.41, 5.74) is 1.57. The Balaban J connectivity index is 1.90. The van der Waals surface area contributed by atoms with Crippen LogP contribution < -0.4 is 10.9 Å². The molecule has 0 saturated carbocycles. The average molecular weight is 432 g/mol. The summed E-state index contributed by atoms with van der Waals surface area (Å²) in [6.07, 6.45) is 7.58. The quantitative estimate of drug-likeness (QED) is 0.627. The fourth-order valence-corrected chi connectivity index (χ4v) is 5.34. The van der Waals surface area contributed by atoms with E-state index in [1.807, 2.05) is 0 Å². The van der Waals surface area contributed by atoms with Gasteiger partial charge in [0.25, 0.3) is 5.91 Å². The van der Waals surface area contributed by atoms with E-state index in [0.29, 0.717) is 30.5 Å². The maximum Gasteiger partial charge on any atom is 0.252 e. The first-order chi connectivity index (χ1) is 14.4. The highest BCUT2D eigenvalue weighted by atomic mass is 32.2. The van der Waals surface area contributed by atoms with E-state index < -0.39 is 15.6 Å². The zero-order chi connectivity index (χ0) is 21.7. The highest BCUT2D eigenvalue weighted by Gasteiger charge is 2.23. The third-order valence-electron chi connectivity index (χ3n) is 5.52. The van der Waals surface area contributed by atoms with Gasteiger partial charge in [-0.25, -0.2) is 8.42 Å². The lowest BCUT2D eigenvalue weighted by molar-refractivity contribution is 0.0955. The zero-order valence-corrected chi connectivity index (χ0v) is 18.3. The number of aromatic nitrogens is 1. The monoisotopic (exact) mass is 431 g/mol. The molecule has 0 bridgehead atoms. The average Bonchev–Trinajstić information content (AvgIpc) is 2.74. The van der Waals surface area contributed by atoms with E-state index in [9.17, 15) is 18.0 Å². The first-order valence-electron chi connectivity index (χ1n) is 10.5. The van der Waals surface area contributed by atoms with Crippen molar-refractivity contribution in [2.75, 3.05) is 19.6 Å². The maximum absolute atomic E-state index is 12.9. The molecule has 1 amide bonds. The molecule has 0 fully saturated rings. The third-order valence-corrected chi connectivity index (χ3v) is 7.56. The predicted octanol–water partition coefficient (Wildman–Crippen LogP) is 3.18. The molecule has 8 heteroatoms. The van der Waals surface area contributed by atoms with Crippen molar-refractivity contribution in [3.8, 4) is 0 Å². The standard InChI is InChI=1S/C22H29N3O4S/c1-3-25(4-2)30(28,29)17-10-11-20-18(14-17)19(15-21(26)24-20)22(27)23-13-12-16-8-6-5-7-9-16/h8,10-11,14-15H,3-7,9,12-13H2,1-2H3,(H,23,27)(H,24,26). The molecule has 0 unspecified atom stereocenters. The molecule has 7 nitrogen and oxygen atoms in total. The maximum atomic E-state index is 12.9. The summed E-state index contributed by atoms with van der Waals surface area (Å²) in [4.78, 5) is 27.6. The van der Waals surface area contributed by atoms with E-state index in [4.69, 9.17) is 0 Å². The summed E-state index contributed by atoms with van der Waals surface area (Å²) in [5, 5.41) is 3.29. The number of aromatic amines is 1. The lowest BCUT2D eigenvalue weighted by atomic mass is 9.97. The Morgan fingerprint density at radius 3 is 2.60 bits per heavy atom. The van der Waals surface area contributed by atoms with Crippen LogP contribution in [0.25, 0.3) is 10.9 Å². The molecule has 30 heavy (non-hydrogen) atoms. The van der Waals surface area contributed by atoms with Crippen LogP contribution in [-0.2, 0) is 10.0 Å². The summed E-state index contributed by atoms with van der Waals surface area (Å²) < 4.78 is 27.1. The van der Waals surface area contributed by atoms with Gasteiger partial charge >= 0.3 is 0 Å². The van der Waals surface area contributed by atoms with Crippen LogP contribution in [0.15, 0.2) is 45.6 Å². The second-order valence-corrected chi connectivity index (χ2v) is 9.40. The Kier molecular flexibility index (Phi) is 7.10. The van der Waals surface area contributed by atoms with Crippen LogP contribution in [0.2, 0.25) is 0 Å². The summed E-state index contributed by atoms with van der Waals surface area (Å²) in [6, 6.07) is 5.70. The number of allylic oxidation sites excluding steroid dienone is 1. The van der Waals surface area contributed by atoms with Crippen molar-refractivity contribution in [1.82, 2.24) is 14.6 Å². The molecule has 1 aromatic carbocycles. The molecule has 0 spiro atoms. The van der Waals surface area contributed by atoms with E-state index >= 15 is 0 Å². The molecule has 1 heterocycles. The molecule has 2 aromatic rings. The van der Waals surface area contributed by atoms with Gasteiger partial charge in [-0.05, 0) is 50.3 Å². The number of nitrogens with zero attached hydrogens (tertiary/aromatic N) is 1. The zero-order valence-electron chi connectivity index (χ0n) is 17.5. The van der Waals surface area contributed by atoms with Crippen LogP contribution in [-0.4, -0.2) is 43.2 Å². The van der Waals surface area contributed by atoms with Gasteiger partial charge in [-0.1, -0.05) is 25.5 Å². The number of sulfonamides is 1. The second-order valence-electron chi connectivity index (χ2n) is 7.46. The van der Waals surface area contributed by atoms with Gasteiger partial charge in [-0.3, -0.25) is 9.59 Å². The molecule has 0 saturated heterocycles. The molecule has 0 atom stereocenters. The molecule has 1 aliphatic carbocycles. The number of pyridine rings is 1. The molecule has 162 valence electrons. The van der Waals surface area contributed by atoms with Gasteiger partial charge in [-0.2, -0.15) is 4.31 Å². The van der Waals surface area contributed by atoms with E-state index in [1.54, 1.807) is 13.8 Å². The summed E-state index contributed by atoms with van der Waals surface area (Å²) in [5.74, 6) is -0.375. The number of carbonyl (C=O) groups excluding carboxylic acids is 1. The van der Waals surface area contributed by atoms with Crippen molar-refractivity contribution < 1.29 is 13.2 Å². The summed E-state index contributed by atoms with van der Waals surface area (Å²) in [6.45, 7) is 4.74. The van der Waals surface area contributed by atoms with Crippen LogP contribution in [0.4, 0.5) is 0 Å². The number of nitrogens with one attached hydrogen (secondary N) is 2. The molecular formula is C22H29N3O4S. The fourth-order valence-electron chi connectivity index (χ4n) is 3.86. The number of rotatable bonds is 8. The minimum absolute atomic E-state index is 0.104. The number of H-pyrrole nitrogens is 1. The van der Waals surface area contributed by atoms with E-state index in [0.717, 1.165) is 19.3 Å². The Bertz CT molecular complexity index is 1110. The first-order valence-corrected chi connectivity index (χ1v) is 11.9. The van der Waals surface area contributed by atoms with Gasteiger partial charge in [0.2, 0.25) is 15.6 Å². The van der Waals surface area contributed by atoms with E-state index in [-0.39, 0.29) is 16.4 Å². The minimum Gasteiger partial charge on any atom is -0.352 e. The highest BCUT2D eigenvalue weighted by Crippen LogP contribution is 2.23. The number of carbonyl (C=O) groups is 1. The van der Waals surface area contributed by atoms with Crippen molar-refractivity contribution in [2.24, 2.45) is 0 Å². The molecule has 0 aliphatic heterocycles. The Morgan fingerprint density at radius 2 is 1.93 bits per heavy atom. The van der Waals surface area contributed by atoms with Crippen LogP contribution in [0.5, 0.6) is 0 Å². The van der Waals surface area contributed by atoms with Crippen molar-refractivity contribution in [1.29, 1.82) is 0 Å². The molecule has 1 aromatic heterocycles. The van der Waals surface area contributed by atoms with Crippen LogP contribution in [0.3, 0.4) is 0 Å². The first kappa shape index (κ1) is 22.2. The second kappa shape index (κ2) is 9.57. The topological polar surface area (TPSA) is 99.3 Å². The van der Waals surface area contributed by atoms with Gasteiger partial charge in [0.15, 0.2) is 0 Å². The lowest BCUT2D eigenvalue weighted by Crippen LogP contribution is -2.30. The van der Waals surface area contributed by atoms with Gasteiger partial charge < -0.3 is 10.3 Å². The third kappa shape index (κ3) is 4.82. The van der Waals surface area contributed by atoms with Gasteiger partial charge in [0.05, 0.1) is 10.5 Å². The normalized spacial score (nSPS) is 14.7. The highest BCUT2D eigenvalue weighted by molar-refractivity contribution is 7.89. The minimum atomic E-state index is -3.67. The number of benzene rings is 1. The van der Waals surface area contributed by atoms with Crippen molar-refractivity contribution >= 4 is 26.8 Å². The van der Waals surface area contributed by atoms with Crippen molar-refractivity contribution in [3.05, 3.63) is 51.8 Å². The van der Waals surface area contributed by atoms with Gasteiger partial charge in [0.1, 0.15) is 0 Å². The molecular weight excluding hydrogens is 402 g/mol. The number of hydrogen-bond acceptors (Lipinski definition) is 4. The van der Waals surface area contributed by atoms with Crippen molar-refractivity contribution in [2.45, 2.75) is 50.8 Å². The van der Waals surface area contributed by atoms with E-state index in [1.165, 1.54) is 47.0 Å². The lowest BCUT2D eigenvalue weighted by Gasteiger charge is -2.19. The largest absolute Gasteiger partial charge is 0.352 e. The molecule has 0 radical (unpaired) electrons. The SMILES string of the molecule is CCN(CC)S(=O)(=O)c1ccc2[nH]c(=O)cc(C(=O)NCCC3=CCCCC3)c2c1. The Hall–Kier alpha value is -2.45. The predicted molar refractivity (Wildman–Crippen MR) is 118 cm³/mol. The molecule has 2 N–H and O–H groups in total. The molecule has 3 rings (SSSR count). The smallest absolute Gasteiger partial charge is 0.252 e. The number of hydrogen-bond donors (Lipinski definition) is 2. The van der Waals surface area contributed by atoms with Crippen LogP contribution in [0, 0.1) is 0 Å². The fraction of sp³-hybridized carbons (Fsp3) is 0.455. The molecule has 1 aliphatic rings. The Labute approximate surface area is 177 Å². The van der Waals surface area contributed by atoms with Gasteiger partial charge in [-0.15, -0.1) is 0 Å². The van der Waals surface area contributed by atoms with Crippen molar-refractivity contribution in [3.63, 3.8) is 0 Å². The van der Waals surface area contributed by atoms with Gasteiger partial charge in [0, 0.05) is 36.6 Å². The van der Waals surface area contributed by atoms with Crippen LogP contribution in [0.1, 0.15) is 56.3 Å². The Morgan fingerprint density at radius 1 is 1.17 bits per heavy atom. The van der Waals surface area contributed by atoms with E-state index in [2.05, 4.69) is 16.4 Å². The summed E-state index contributed by atoms with van der Waals surface area (Å²) in [7, 11) is -3.67. The summed E-state index contributed by atoms with van der Waals surface area (Å²) >= 11 is 0.